The lowest BCUT2D eigenvalue weighted by Gasteiger charge is -2.36. The number of aliphatic hydroxyl groups is 1. The Morgan fingerprint density at radius 2 is 2.18 bits per heavy atom. The van der Waals surface area contributed by atoms with Gasteiger partial charge in [-0.05, 0) is 44.4 Å². The number of likely N-dealkylation sites (tertiary alicyclic amines) is 1. The first-order valence-electron chi connectivity index (χ1n) is 6.87. The zero-order valence-corrected chi connectivity index (χ0v) is 10.7. The molecule has 4 nitrogen and oxygen atoms in total. The first-order valence-corrected chi connectivity index (χ1v) is 6.87. The highest BCUT2D eigenvalue weighted by atomic mass is 16.3. The van der Waals surface area contributed by atoms with E-state index in [1.807, 2.05) is 4.90 Å². The molecule has 2 atom stereocenters. The Morgan fingerprint density at radius 3 is 2.76 bits per heavy atom. The van der Waals surface area contributed by atoms with Crippen molar-refractivity contribution in [2.75, 3.05) is 19.7 Å². The first kappa shape index (κ1) is 12.7. The van der Waals surface area contributed by atoms with Crippen molar-refractivity contribution in [2.45, 2.75) is 45.1 Å². The second-order valence-electron chi connectivity index (χ2n) is 5.57. The Labute approximate surface area is 103 Å². The quantitative estimate of drug-likeness (QED) is 0.787. The monoisotopic (exact) mass is 240 g/mol. The van der Waals surface area contributed by atoms with Crippen LogP contribution in [0.1, 0.15) is 39.0 Å². The zero-order valence-electron chi connectivity index (χ0n) is 10.7. The van der Waals surface area contributed by atoms with Crippen LogP contribution in [0, 0.1) is 11.8 Å². The highest BCUT2D eigenvalue weighted by Gasteiger charge is 2.28. The molecule has 1 saturated heterocycles. The third kappa shape index (κ3) is 3.12. The van der Waals surface area contributed by atoms with Crippen molar-refractivity contribution in [3.05, 3.63) is 0 Å². The molecular weight excluding hydrogens is 216 g/mol. The highest BCUT2D eigenvalue weighted by Crippen LogP contribution is 2.29. The molecule has 1 aliphatic carbocycles. The van der Waals surface area contributed by atoms with Crippen LogP contribution in [0.2, 0.25) is 0 Å². The van der Waals surface area contributed by atoms with Gasteiger partial charge in [0.1, 0.15) is 0 Å². The molecule has 2 rings (SSSR count). The van der Waals surface area contributed by atoms with Crippen LogP contribution >= 0.6 is 0 Å². The van der Waals surface area contributed by atoms with Gasteiger partial charge in [-0.3, -0.25) is 0 Å². The highest BCUT2D eigenvalue weighted by molar-refractivity contribution is 5.74. The molecular formula is C13H24N2O2. The van der Waals surface area contributed by atoms with Crippen molar-refractivity contribution in [2.24, 2.45) is 11.8 Å². The summed E-state index contributed by atoms with van der Waals surface area (Å²) in [5.74, 6) is 0.950. The summed E-state index contributed by atoms with van der Waals surface area (Å²) < 4.78 is 0. The van der Waals surface area contributed by atoms with Crippen LogP contribution in [0.5, 0.6) is 0 Å². The van der Waals surface area contributed by atoms with Gasteiger partial charge in [-0.2, -0.15) is 0 Å². The molecule has 1 heterocycles. The molecule has 2 fully saturated rings. The standard InChI is InChI=1S/C13H24N2O2/c1-10(12-5-2-6-12)14-13(17)15-7-3-4-11(8-15)9-16/h10-12,16H,2-9H2,1H3,(H,14,17). The van der Waals surface area contributed by atoms with Crippen LogP contribution < -0.4 is 5.32 Å². The number of nitrogens with one attached hydrogen (secondary N) is 1. The number of hydrogen-bond acceptors (Lipinski definition) is 2. The van der Waals surface area contributed by atoms with E-state index in [2.05, 4.69) is 12.2 Å². The average Bonchev–Trinajstić information content (AvgIpc) is 2.26. The van der Waals surface area contributed by atoms with E-state index < -0.39 is 0 Å². The molecule has 0 spiro atoms. The molecule has 1 saturated carbocycles. The second kappa shape index (κ2) is 5.71. The summed E-state index contributed by atoms with van der Waals surface area (Å²) in [6, 6.07) is 0.355. The predicted molar refractivity (Wildman–Crippen MR) is 66.7 cm³/mol. The van der Waals surface area contributed by atoms with Crippen molar-refractivity contribution in [3.8, 4) is 0 Å². The van der Waals surface area contributed by atoms with Crippen LogP contribution in [0.25, 0.3) is 0 Å². The molecule has 0 aromatic rings. The van der Waals surface area contributed by atoms with Gasteiger partial charge >= 0.3 is 6.03 Å². The third-order valence-corrected chi connectivity index (χ3v) is 4.27. The summed E-state index contributed by atoms with van der Waals surface area (Å²) >= 11 is 0. The number of piperidine rings is 1. The molecule has 2 aliphatic rings. The van der Waals surface area contributed by atoms with Crippen molar-refractivity contribution in [1.29, 1.82) is 0 Å². The molecule has 2 unspecified atom stereocenters. The maximum atomic E-state index is 12.0. The van der Waals surface area contributed by atoms with Gasteiger partial charge in [0.2, 0.25) is 0 Å². The van der Waals surface area contributed by atoms with Gasteiger partial charge in [-0.15, -0.1) is 0 Å². The third-order valence-electron chi connectivity index (χ3n) is 4.27. The van der Waals surface area contributed by atoms with Crippen molar-refractivity contribution >= 4 is 6.03 Å². The minimum Gasteiger partial charge on any atom is -0.396 e. The van der Waals surface area contributed by atoms with E-state index >= 15 is 0 Å². The maximum absolute atomic E-state index is 12.0. The van der Waals surface area contributed by atoms with E-state index in [0.717, 1.165) is 19.4 Å². The summed E-state index contributed by atoms with van der Waals surface area (Å²) in [7, 11) is 0. The predicted octanol–water partition coefficient (Wildman–Crippen LogP) is 1.59. The summed E-state index contributed by atoms with van der Waals surface area (Å²) in [4.78, 5) is 13.9. The Balaban J connectivity index is 1.78. The van der Waals surface area contributed by atoms with Crippen LogP contribution in [0.4, 0.5) is 4.79 Å². The maximum Gasteiger partial charge on any atom is 0.317 e. The van der Waals surface area contributed by atoms with Gasteiger partial charge in [-0.1, -0.05) is 6.42 Å². The fourth-order valence-corrected chi connectivity index (χ4v) is 2.74. The van der Waals surface area contributed by atoms with E-state index in [9.17, 15) is 4.79 Å². The van der Waals surface area contributed by atoms with E-state index in [0.29, 0.717) is 18.5 Å². The molecule has 0 aromatic carbocycles. The van der Waals surface area contributed by atoms with Crippen molar-refractivity contribution < 1.29 is 9.90 Å². The number of carbonyl (C=O) groups excluding carboxylic acids is 1. The average molecular weight is 240 g/mol. The number of carbonyl (C=O) groups is 1. The number of hydrogen-bond donors (Lipinski definition) is 2. The zero-order chi connectivity index (χ0) is 12.3. The fraction of sp³-hybridized carbons (Fsp3) is 0.923. The van der Waals surface area contributed by atoms with Crippen molar-refractivity contribution in [1.82, 2.24) is 10.2 Å². The van der Waals surface area contributed by atoms with Gasteiger partial charge in [0, 0.05) is 25.7 Å². The largest absolute Gasteiger partial charge is 0.396 e. The molecule has 4 heteroatoms. The first-order chi connectivity index (χ1) is 8.20. The molecule has 1 aliphatic heterocycles. The molecule has 0 bridgehead atoms. The van der Waals surface area contributed by atoms with Crippen molar-refractivity contribution in [3.63, 3.8) is 0 Å². The lowest BCUT2D eigenvalue weighted by molar-refractivity contribution is 0.124. The van der Waals surface area contributed by atoms with Gasteiger partial charge in [-0.25, -0.2) is 4.79 Å². The Hall–Kier alpha value is -0.770. The molecule has 2 N–H and O–H groups in total. The molecule has 17 heavy (non-hydrogen) atoms. The summed E-state index contributed by atoms with van der Waals surface area (Å²) in [6.07, 6.45) is 5.86. The lowest BCUT2D eigenvalue weighted by atomic mass is 9.80. The molecule has 0 radical (unpaired) electrons. The molecule has 98 valence electrons. The minimum absolute atomic E-state index is 0.0579. The van der Waals surface area contributed by atoms with Gasteiger partial charge in [0.15, 0.2) is 0 Å². The molecule has 2 amide bonds. The normalized spacial score (nSPS) is 27.4. The van der Waals surface area contributed by atoms with Gasteiger partial charge in [0.25, 0.3) is 0 Å². The van der Waals surface area contributed by atoms with Crippen LogP contribution in [0.15, 0.2) is 0 Å². The number of nitrogens with zero attached hydrogens (tertiary/aromatic N) is 1. The van der Waals surface area contributed by atoms with Crippen LogP contribution in [0.3, 0.4) is 0 Å². The Morgan fingerprint density at radius 1 is 1.41 bits per heavy atom. The lowest BCUT2D eigenvalue weighted by Crippen LogP contribution is -2.50. The minimum atomic E-state index is 0.0579. The van der Waals surface area contributed by atoms with E-state index in [4.69, 9.17) is 5.11 Å². The Bertz CT molecular complexity index is 266. The van der Waals surface area contributed by atoms with E-state index in [1.165, 1.54) is 19.3 Å². The summed E-state index contributed by atoms with van der Waals surface area (Å²) in [5, 5.41) is 12.3. The van der Waals surface area contributed by atoms with Gasteiger partial charge in [0.05, 0.1) is 0 Å². The van der Waals surface area contributed by atoms with Gasteiger partial charge < -0.3 is 15.3 Å². The summed E-state index contributed by atoms with van der Waals surface area (Å²) in [5.41, 5.74) is 0. The second-order valence-corrected chi connectivity index (χ2v) is 5.57. The SMILES string of the molecule is CC(NC(=O)N1CCCC(CO)C1)C1CCC1. The summed E-state index contributed by atoms with van der Waals surface area (Å²) in [6.45, 7) is 3.84. The van der Waals surface area contributed by atoms with Crippen LogP contribution in [-0.4, -0.2) is 41.8 Å². The number of amides is 2. The van der Waals surface area contributed by atoms with Crippen LogP contribution in [-0.2, 0) is 0 Å². The molecule has 0 aromatic heterocycles. The van der Waals surface area contributed by atoms with E-state index in [1.54, 1.807) is 0 Å². The Kier molecular flexibility index (Phi) is 4.26. The number of rotatable bonds is 3. The number of aliphatic hydroxyl groups excluding tert-OH is 1. The fourth-order valence-electron chi connectivity index (χ4n) is 2.74. The number of urea groups is 1. The van der Waals surface area contributed by atoms with E-state index in [-0.39, 0.29) is 18.6 Å². The smallest absolute Gasteiger partial charge is 0.317 e. The topological polar surface area (TPSA) is 52.6 Å².